The highest BCUT2D eigenvalue weighted by molar-refractivity contribution is 5.83. The van der Waals surface area contributed by atoms with Gasteiger partial charge < -0.3 is 23.7 Å². The van der Waals surface area contributed by atoms with E-state index in [2.05, 4.69) is 18.9 Å². The lowest BCUT2D eigenvalue weighted by molar-refractivity contribution is -0.314. The second-order valence-corrected chi connectivity index (χ2v) is 10.6. The Hall–Kier alpha value is -3.56. The summed E-state index contributed by atoms with van der Waals surface area (Å²) in [6.07, 6.45) is -29.5. The maximum atomic E-state index is 13.5. The summed E-state index contributed by atoms with van der Waals surface area (Å²) < 4.78 is 190. The Labute approximate surface area is 262 Å². The van der Waals surface area contributed by atoms with Crippen molar-refractivity contribution in [1.82, 2.24) is 0 Å². The summed E-state index contributed by atoms with van der Waals surface area (Å²) in [5.74, 6) is -23.3. The van der Waals surface area contributed by atoms with E-state index in [1.165, 1.54) is 0 Å². The van der Waals surface area contributed by atoms with Gasteiger partial charge in [0.2, 0.25) is 0 Å². The molecule has 0 aromatic rings. The first kappa shape index (κ1) is 44.4. The third-order valence-corrected chi connectivity index (χ3v) is 6.38. The summed E-state index contributed by atoms with van der Waals surface area (Å²) in [6, 6.07) is 0. The second-order valence-electron chi connectivity index (χ2n) is 10.6. The zero-order valence-corrected chi connectivity index (χ0v) is 25.3. The van der Waals surface area contributed by atoms with E-state index in [1.807, 2.05) is 0 Å². The van der Waals surface area contributed by atoms with E-state index in [0.29, 0.717) is 13.8 Å². The first-order valence-electron chi connectivity index (χ1n) is 13.1. The molecule has 0 heterocycles. The van der Waals surface area contributed by atoms with E-state index in [9.17, 15) is 81.0 Å². The SMILES string of the molecule is COC(=O)C(C)C(CC(C)(CC(C(=O)OCC(F)(F)C(F)F)C(C)C(=O)OC(C(F)(F)F)C(F)(F)F)OC(C)=O)C(=O)OCC(F)(F)F. The third-order valence-electron chi connectivity index (χ3n) is 6.38. The molecule has 0 spiro atoms. The summed E-state index contributed by atoms with van der Waals surface area (Å²) in [4.78, 5) is 62.2. The molecule has 0 saturated carbocycles. The third kappa shape index (κ3) is 14.3. The lowest BCUT2D eigenvalue weighted by atomic mass is 9.76. The lowest BCUT2D eigenvalue weighted by Gasteiger charge is -2.37. The van der Waals surface area contributed by atoms with Crippen molar-refractivity contribution in [2.45, 2.75) is 83.1 Å². The summed E-state index contributed by atoms with van der Waals surface area (Å²) in [6.45, 7) is -2.00. The van der Waals surface area contributed by atoms with Crippen LogP contribution in [0.2, 0.25) is 0 Å². The van der Waals surface area contributed by atoms with Gasteiger partial charge in [0.05, 0.1) is 30.8 Å². The van der Waals surface area contributed by atoms with Gasteiger partial charge in [0, 0.05) is 19.8 Å². The smallest absolute Gasteiger partial charge is 0.434 e. The molecule has 0 fully saturated rings. The minimum atomic E-state index is -6.29. The molecule has 0 rings (SSSR count). The summed E-state index contributed by atoms with van der Waals surface area (Å²) >= 11 is 0. The Morgan fingerprint density at radius 2 is 1.04 bits per heavy atom. The zero-order chi connectivity index (χ0) is 38.2. The van der Waals surface area contributed by atoms with Gasteiger partial charge in [0.1, 0.15) is 5.60 Å². The molecule has 0 radical (unpaired) electrons. The molecule has 0 N–H and O–H groups in total. The van der Waals surface area contributed by atoms with Gasteiger partial charge in [0.25, 0.3) is 6.10 Å². The fourth-order valence-electron chi connectivity index (χ4n) is 4.03. The Kier molecular flexibility index (Phi) is 15.5. The average Bonchev–Trinajstić information content (AvgIpc) is 2.91. The molecule has 280 valence electrons. The molecule has 5 unspecified atom stereocenters. The molecule has 0 aliphatic carbocycles. The number of hydrogen-bond acceptors (Lipinski definition) is 10. The minimum absolute atomic E-state index is 0.406. The van der Waals surface area contributed by atoms with Crippen LogP contribution in [0.4, 0.5) is 57.1 Å². The number of methoxy groups -OCH3 is 1. The van der Waals surface area contributed by atoms with Crippen molar-refractivity contribution >= 4 is 29.8 Å². The van der Waals surface area contributed by atoms with Gasteiger partial charge in [0.15, 0.2) is 13.2 Å². The molecule has 0 bridgehead atoms. The predicted octanol–water partition coefficient (Wildman–Crippen LogP) is 5.35. The van der Waals surface area contributed by atoms with Crippen molar-refractivity contribution in [3.8, 4) is 0 Å². The highest BCUT2D eigenvalue weighted by atomic mass is 19.4. The van der Waals surface area contributed by atoms with E-state index >= 15 is 0 Å². The summed E-state index contributed by atoms with van der Waals surface area (Å²) in [5.41, 5.74) is -2.56. The lowest BCUT2D eigenvalue weighted by Crippen LogP contribution is -2.48. The van der Waals surface area contributed by atoms with Crippen LogP contribution < -0.4 is 0 Å². The quantitative estimate of drug-likeness (QED) is 0.116. The Bertz CT molecular complexity index is 1120. The van der Waals surface area contributed by atoms with E-state index < -0.39 is 122 Å². The van der Waals surface area contributed by atoms with E-state index in [4.69, 9.17) is 4.74 Å². The van der Waals surface area contributed by atoms with Crippen LogP contribution in [0.15, 0.2) is 0 Å². The Morgan fingerprint density at radius 1 is 0.646 bits per heavy atom. The van der Waals surface area contributed by atoms with Gasteiger partial charge in [-0.25, -0.2) is 8.78 Å². The number of esters is 5. The molecule has 0 aliphatic heterocycles. The number of alkyl halides is 13. The highest BCUT2D eigenvalue weighted by Crippen LogP contribution is 2.39. The molecule has 0 amide bonds. The van der Waals surface area contributed by atoms with Crippen LogP contribution in [-0.2, 0) is 47.7 Å². The van der Waals surface area contributed by atoms with Crippen molar-refractivity contribution in [1.29, 1.82) is 0 Å². The fraction of sp³-hybridized carbons (Fsp3) is 0.800. The van der Waals surface area contributed by atoms with Crippen molar-refractivity contribution < 1.29 is 105 Å². The fourth-order valence-corrected chi connectivity index (χ4v) is 4.03. The van der Waals surface area contributed by atoms with Gasteiger partial charge in [-0.05, 0) is 6.92 Å². The minimum Gasteiger partial charge on any atom is -0.469 e. The Morgan fingerprint density at radius 3 is 1.38 bits per heavy atom. The van der Waals surface area contributed by atoms with Crippen molar-refractivity contribution in [3.05, 3.63) is 0 Å². The van der Waals surface area contributed by atoms with E-state index in [-0.39, 0.29) is 0 Å². The van der Waals surface area contributed by atoms with Gasteiger partial charge in [-0.3, -0.25) is 24.0 Å². The van der Waals surface area contributed by atoms with Crippen LogP contribution in [0, 0.1) is 23.7 Å². The van der Waals surface area contributed by atoms with Crippen LogP contribution in [0.5, 0.6) is 0 Å². The molecule has 0 aliphatic rings. The molecular weight excluding hydrogens is 707 g/mol. The number of carbonyl (C=O) groups is 5. The zero-order valence-electron chi connectivity index (χ0n) is 25.3. The number of rotatable bonds is 16. The highest BCUT2D eigenvalue weighted by Gasteiger charge is 2.60. The van der Waals surface area contributed by atoms with Gasteiger partial charge >= 0.3 is 60.7 Å². The number of carbonyl (C=O) groups excluding carboxylic acids is 5. The molecule has 0 aromatic carbocycles. The molecule has 5 atom stereocenters. The first-order valence-corrected chi connectivity index (χ1v) is 13.1. The molecule has 48 heavy (non-hydrogen) atoms. The molecule has 0 saturated heterocycles. The largest absolute Gasteiger partial charge is 0.469 e. The van der Waals surface area contributed by atoms with Crippen molar-refractivity contribution in [2.24, 2.45) is 23.7 Å². The number of ether oxygens (including phenoxy) is 5. The maximum absolute atomic E-state index is 13.5. The summed E-state index contributed by atoms with van der Waals surface area (Å²) in [5, 5.41) is 0. The summed E-state index contributed by atoms with van der Waals surface area (Å²) in [7, 11) is 0.770. The van der Waals surface area contributed by atoms with Crippen LogP contribution >= 0.6 is 0 Å². The monoisotopic (exact) mass is 736 g/mol. The molecule has 10 nitrogen and oxygen atoms in total. The molecular formula is C25H29F13O10. The van der Waals surface area contributed by atoms with Gasteiger partial charge in [-0.2, -0.15) is 48.3 Å². The maximum Gasteiger partial charge on any atom is 0.434 e. The topological polar surface area (TPSA) is 132 Å². The van der Waals surface area contributed by atoms with Crippen LogP contribution in [-0.4, -0.2) is 92.8 Å². The van der Waals surface area contributed by atoms with Crippen molar-refractivity contribution in [2.75, 3.05) is 20.3 Å². The second kappa shape index (κ2) is 16.7. The number of halogens is 13. The normalized spacial score (nSPS) is 16.7. The standard InChI is InChI=1S/C25H29F13O10/c1-10(15(40)44-5)13(18(43)46-9-23(30,31)32)6-21(4,48-12(3)39)7-14(17(42)45-8-22(28,29)20(26)27)11(2)16(41)47-19(24(33,34)35)25(36,37)38/h10-11,13-14,19-20H,6-9H2,1-5H3. The van der Waals surface area contributed by atoms with Crippen LogP contribution in [0.3, 0.4) is 0 Å². The molecule has 23 heteroatoms. The van der Waals surface area contributed by atoms with Gasteiger partial charge in [-0.15, -0.1) is 0 Å². The van der Waals surface area contributed by atoms with E-state index in [1.54, 1.807) is 0 Å². The molecule has 0 aromatic heterocycles. The van der Waals surface area contributed by atoms with E-state index in [0.717, 1.165) is 21.0 Å². The number of hydrogen-bond donors (Lipinski definition) is 0. The Balaban J connectivity index is 6.97. The average molecular weight is 736 g/mol. The van der Waals surface area contributed by atoms with Crippen LogP contribution in [0.25, 0.3) is 0 Å². The first-order chi connectivity index (χ1) is 21.4. The predicted molar refractivity (Wildman–Crippen MR) is 128 cm³/mol. The van der Waals surface area contributed by atoms with Gasteiger partial charge in [-0.1, -0.05) is 13.8 Å². The van der Waals surface area contributed by atoms with Crippen LogP contribution in [0.1, 0.15) is 40.5 Å². The van der Waals surface area contributed by atoms with Crippen molar-refractivity contribution in [3.63, 3.8) is 0 Å².